The topological polar surface area (TPSA) is 84.5 Å². The molecular formula is C24H26N2O4S. The van der Waals surface area contributed by atoms with Gasteiger partial charge < -0.3 is 10.1 Å². The van der Waals surface area contributed by atoms with Crippen molar-refractivity contribution in [3.8, 4) is 5.75 Å². The molecule has 0 saturated carbocycles. The molecule has 7 heteroatoms. The van der Waals surface area contributed by atoms with Gasteiger partial charge in [0, 0.05) is 11.4 Å². The van der Waals surface area contributed by atoms with Crippen LogP contribution in [0.3, 0.4) is 0 Å². The van der Waals surface area contributed by atoms with E-state index in [4.69, 9.17) is 4.74 Å². The third-order valence-electron chi connectivity index (χ3n) is 4.62. The Balaban J connectivity index is 1.61. The lowest BCUT2D eigenvalue weighted by atomic mass is 10.0. The summed E-state index contributed by atoms with van der Waals surface area (Å²) in [6.45, 7) is 5.97. The Morgan fingerprint density at radius 3 is 2.26 bits per heavy atom. The van der Waals surface area contributed by atoms with Crippen molar-refractivity contribution >= 4 is 27.3 Å². The fourth-order valence-corrected chi connectivity index (χ4v) is 4.08. The lowest BCUT2D eigenvalue weighted by Gasteiger charge is -2.15. The number of aryl methyl sites for hydroxylation is 1. The summed E-state index contributed by atoms with van der Waals surface area (Å²) in [7, 11) is -3.71. The van der Waals surface area contributed by atoms with E-state index in [1.165, 1.54) is 12.1 Å². The number of carbonyl (C=O) groups excluding carboxylic acids is 1. The number of benzene rings is 3. The predicted octanol–water partition coefficient (Wildman–Crippen LogP) is 4.94. The highest BCUT2D eigenvalue weighted by Crippen LogP contribution is 2.27. The van der Waals surface area contributed by atoms with E-state index < -0.39 is 10.0 Å². The molecule has 31 heavy (non-hydrogen) atoms. The van der Waals surface area contributed by atoms with Crippen LogP contribution in [0.15, 0.2) is 77.7 Å². The van der Waals surface area contributed by atoms with Crippen LogP contribution >= 0.6 is 0 Å². The predicted molar refractivity (Wildman–Crippen MR) is 123 cm³/mol. The average Bonchev–Trinajstić information content (AvgIpc) is 2.73. The van der Waals surface area contributed by atoms with Gasteiger partial charge in [0.05, 0.1) is 4.90 Å². The molecule has 0 aliphatic rings. The van der Waals surface area contributed by atoms with Gasteiger partial charge in [-0.05, 0) is 66.4 Å². The molecule has 0 heterocycles. The first-order valence-electron chi connectivity index (χ1n) is 9.96. The number of sulfonamides is 1. The molecule has 0 radical (unpaired) electrons. The minimum atomic E-state index is -3.71. The lowest BCUT2D eigenvalue weighted by molar-refractivity contribution is -0.118. The zero-order valence-electron chi connectivity index (χ0n) is 17.8. The van der Waals surface area contributed by atoms with Gasteiger partial charge in [0.25, 0.3) is 15.9 Å². The number of anilines is 2. The van der Waals surface area contributed by atoms with Crippen LogP contribution in [0, 0.1) is 6.92 Å². The van der Waals surface area contributed by atoms with Gasteiger partial charge in [-0.15, -0.1) is 0 Å². The zero-order valence-corrected chi connectivity index (χ0v) is 18.6. The highest BCUT2D eigenvalue weighted by atomic mass is 32.2. The number of nitrogens with one attached hydrogen (secondary N) is 2. The molecule has 6 nitrogen and oxygen atoms in total. The summed E-state index contributed by atoms with van der Waals surface area (Å²) in [5, 5.41) is 2.72. The Hall–Kier alpha value is -3.32. The van der Waals surface area contributed by atoms with Crippen molar-refractivity contribution in [1.82, 2.24) is 0 Å². The van der Waals surface area contributed by atoms with Crippen LogP contribution in [0.1, 0.15) is 30.9 Å². The van der Waals surface area contributed by atoms with Crippen molar-refractivity contribution in [2.24, 2.45) is 0 Å². The van der Waals surface area contributed by atoms with Gasteiger partial charge in [-0.3, -0.25) is 9.52 Å². The molecule has 0 aromatic heterocycles. The Bertz CT molecular complexity index is 1140. The van der Waals surface area contributed by atoms with Crippen LogP contribution in [0.25, 0.3) is 0 Å². The smallest absolute Gasteiger partial charge is 0.262 e. The van der Waals surface area contributed by atoms with Crippen molar-refractivity contribution in [1.29, 1.82) is 0 Å². The van der Waals surface area contributed by atoms with Crippen LogP contribution < -0.4 is 14.8 Å². The van der Waals surface area contributed by atoms with Gasteiger partial charge >= 0.3 is 0 Å². The van der Waals surface area contributed by atoms with Crippen LogP contribution in [0.2, 0.25) is 0 Å². The zero-order chi connectivity index (χ0) is 22.4. The Morgan fingerprint density at radius 1 is 0.935 bits per heavy atom. The molecule has 0 atom stereocenters. The summed E-state index contributed by atoms with van der Waals surface area (Å²) in [6.07, 6.45) is 0. The van der Waals surface area contributed by atoms with Gasteiger partial charge in [-0.25, -0.2) is 8.42 Å². The van der Waals surface area contributed by atoms with E-state index in [9.17, 15) is 13.2 Å². The molecule has 0 spiro atoms. The molecule has 0 aliphatic heterocycles. The first-order valence-corrected chi connectivity index (χ1v) is 11.4. The summed E-state index contributed by atoms with van der Waals surface area (Å²) in [6, 6.07) is 20.6. The van der Waals surface area contributed by atoms with E-state index in [1.54, 1.807) is 36.4 Å². The second kappa shape index (κ2) is 9.66. The van der Waals surface area contributed by atoms with Gasteiger partial charge in [0.2, 0.25) is 0 Å². The fraction of sp³-hybridized carbons (Fsp3) is 0.208. The number of hydrogen-bond acceptors (Lipinski definition) is 4. The molecule has 3 rings (SSSR count). The van der Waals surface area contributed by atoms with Gasteiger partial charge in [0.1, 0.15) is 5.75 Å². The second-order valence-electron chi connectivity index (χ2n) is 7.53. The summed E-state index contributed by atoms with van der Waals surface area (Å²) in [5.41, 5.74) is 3.06. The summed E-state index contributed by atoms with van der Waals surface area (Å²) < 4.78 is 33.2. The van der Waals surface area contributed by atoms with Gasteiger partial charge in [0.15, 0.2) is 6.61 Å². The van der Waals surface area contributed by atoms with E-state index >= 15 is 0 Å². The fourth-order valence-electron chi connectivity index (χ4n) is 3.02. The van der Waals surface area contributed by atoms with Crippen molar-refractivity contribution in [3.05, 3.63) is 83.9 Å². The Labute approximate surface area is 183 Å². The molecule has 0 unspecified atom stereocenters. The maximum atomic E-state index is 12.5. The largest absolute Gasteiger partial charge is 0.483 e. The molecule has 0 saturated heterocycles. The van der Waals surface area contributed by atoms with E-state index in [0.29, 0.717) is 17.1 Å². The van der Waals surface area contributed by atoms with Crippen LogP contribution in [0.4, 0.5) is 11.4 Å². The van der Waals surface area contributed by atoms with E-state index in [1.807, 2.05) is 31.2 Å². The molecule has 162 valence electrons. The SMILES string of the molecule is Cc1ccc(C(C)C)c(OCC(=O)Nc2ccc(S(=O)(=O)Nc3ccccc3)cc2)c1. The summed E-state index contributed by atoms with van der Waals surface area (Å²) in [5.74, 6) is 0.644. The molecular weight excluding hydrogens is 412 g/mol. The molecule has 0 fully saturated rings. The Kier molecular flexibility index (Phi) is 6.97. The highest BCUT2D eigenvalue weighted by Gasteiger charge is 2.15. The van der Waals surface area contributed by atoms with Gasteiger partial charge in [-0.1, -0.05) is 44.2 Å². The van der Waals surface area contributed by atoms with E-state index in [0.717, 1.165) is 11.1 Å². The van der Waals surface area contributed by atoms with E-state index in [-0.39, 0.29) is 23.3 Å². The summed E-state index contributed by atoms with van der Waals surface area (Å²) >= 11 is 0. The average molecular weight is 439 g/mol. The normalized spacial score (nSPS) is 11.2. The number of para-hydroxylation sites is 1. The molecule has 3 aromatic rings. The molecule has 3 aromatic carbocycles. The van der Waals surface area contributed by atoms with Crippen molar-refractivity contribution < 1.29 is 17.9 Å². The van der Waals surface area contributed by atoms with Crippen LogP contribution in [-0.4, -0.2) is 20.9 Å². The highest BCUT2D eigenvalue weighted by molar-refractivity contribution is 7.92. The third kappa shape index (κ3) is 6.08. The first-order chi connectivity index (χ1) is 14.7. The Morgan fingerprint density at radius 2 is 1.61 bits per heavy atom. The van der Waals surface area contributed by atoms with Crippen molar-refractivity contribution in [3.63, 3.8) is 0 Å². The number of carbonyl (C=O) groups is 1. The monoisotopic (exact) mass is 438 g/mol. The van der Waals surface area contributed by atoms with Gasteiger partial charge in [-0.2, -0.15) is 0 Å². The minimum Gasteiger partial charge on any atom is -0.483 e. The summed E-state index contributed by atoms with van der Waals surface area (Å²) in [4.78, 5) is 12.4. The van der Waals surface area contributed by atoms with Crippen molar-refractivity contribution in [2.45, 2.75) is 31.6 Å². The lowest BCUT2D eigenvalue weighted by Crippen LogP contribution is -2.20. The standard InChI is InChI=1S/C24H26N2O4S/c1-17(2)22-14-9-18(3)15-23(22)30-16-24(27)25-19-10-12-21(13-11-19)31(28,29)26-20-7-5-4-6-8-20/h4-15,17,26H,16H2,1-3H3,(H,25,27). The number of hydrogen-bond donors (Lipinski definition) is 2. The number of ether oxygens (including phenoxy) is 1. The minimum absolute atomic E-state index is 0.104. The number of amides is 1. The van der Waals surface area contributed by atoms with E-state index in [2.05, 4.69) is 23.9 Å². The van der Waals surface area contributed by atoms with Crippen molar-refractivity contribution in [2.75, 3.05) is 16.6 Å². The molecule has 1 amide bonds. The number of rotatable bonds is 8. The second-order valence-corrected chi connectivity index (χ2v) is 9.21. The quantitative estimate of drug-likeness (QED) is 0.522. The molecule has 0 aliphatic carbocycles. The maximum Gasteiger partial charge on any atom is 0.262 e. The maximum absolute atomic E-state index is 12.5. The first kappa shape index (κ1) is 22.4. The van der Waals surface area contributed by atoms with Crippen LogP contribution in [0.5, 0.6) is 5.75 Å². The molecule has 0 bridgehead atoms. The third-order valence-corrected chi connectivity index (χ3v) is 6.02. The van der Waals surface area contributed by atoms with Crippen LogP contribution in [-0.2, 0) is 14.8 Å². The molecule has 2 N–H and O–H groups in total.